The van der Waals surface area contributed by atoms with Crippen molar-refractivity contribution < 1.29 is 22.7 Å². The van der Waals surface area contributed by atoms with E-state index in [0.29, 0.717) is 37.6 Å². The Balaban J connectivity index is 1.31. The number of aromatic nitrogens is 1. The number of anilines is 2. The van der Waals surface area contributed by atoms with E-state index < -0.39 is 10.0 Å². The molecule has 0 atom stereocenters. The standard InChI is InChI=1S/C34H49N7O5S/c1-34(2,3)26-20-27(32(46-6)28(21-26)36-47(7,44)45)35-33(43)29-19-24-9-8-10-25(31(24)38(29)5)22-39-15-17-41(18-16-39)30(42)23-40-13-11-37(4)12-14-40/h8-10,19-21,36H,11-18,22-23H2,1-7H3,(H,35,43). The molecule has 0 spiro atoms. The van der Waals surface area contributed by atoms with Gasteiger partial charge in [0.25, 0.3) is 5.91 Å². The summed E-state index contributed by atoms with van der Waals surface area (Å²) < 4.78 is 34.3. The number of fused-ring (bicyclic) bond motifs is 1. The van der Waals surface area contributed by atoms with E-state index in [9.17, 15) is 18.0 Å². The molecule has 5 rings (SSSR count). The molecule has 2 amide bonds. The average molecular weight is 668 g/mol. The lowest BCUT2D eigenvalue weighted by Crippen LogP contribution is -2.53. The van der Waals surface area contributed by atoms with Gasteiger partial charge in [-0.25, -0.2) is 8.42 Å². The molecule has 0 saturated carbocycles. The Kier molecular flexibility index (Phi) is 10.2. The molecule has 47 heavy (non-hydrogen) atoms. The lowest BCUT2D eigenvalue weighted by Gasteiger charge is -2.37. The van der Waals surface area contributed by atoms with E-state index in [2.05, 4.69) is 37.9 Å². The molecule has 2 fully saturated rings. The highest BCUT2D eigenvalue weighted by Crippen LogP contribution is 2.39. The number of likely N-dealkylation sites (N-methyl/N-ethyl adjacent to an activating group) is 1. The summed E-state index contributed by atoms with van der Waals surface area (Å²) in [6.07, 6.45) is 1.08. The van der Waals surface area contributed by atoms with Crippen LogP contribution in [0.2, 0.25) is 0 Å². The van der Waals surface area contributed by atoms with Crippen LogP contribution in [0.25, 0.3) is 10.9 Å². The van der Waals surface area contributed by atoms with Gasteiger partial charge in [-0.2, -0.15) is 0 Å². The van der Waals surface area contributed by atoms with Gasteiger partial charge in [0.15, 0.2) is 5.75 Å². The van der Waals surface area contributed by atoms with Gasteiger partial charge in [-0.3, -0.25) is 24.1 Å². The van der Waals surface area contributed by atoms with Crippen LogP contribution in [0.4, 0.5) is 11.4 Å². The van der Waals surface area contributed by atoms with E-state index in [0.717, 1.165) is 67.6 Å². The number of benzene rings is 2. The molecule has 0 radical (unpaired) electrons. The fourth-order valence-electron chi connectivity index (χ4n) is 6.38. The third kappa shape index (κ3) is 8.26. The van der Waals surface area contributed by atoms with E-state index in [1.165, 1.54) is 7.11 Å². The summed E-state index contributed by atoms with van der Waals surface area (Å²) in [6.45, 7) is 14.1. The van der Waals surface area contributed by atoms with Gasteiger partial charge in [-0.1, -0.05) is 39.0 Å². The minimum Gasteiger partial charge on any atom is -0.492 e. The number of rotatable bonds is 9. The number of nitrogens with one attached hydrogen (secondary N) is 2. The van der Waals surface area contributed by atoms with E-state index >= 15 is 0 Å². The van der Waals surface area contributed by atoms with Crippen LogP contribution >= 0.6 is 0 Å². The summed E-state index contributed by atoms with van der Waals surface area (Å²) >= 11 is 0. The molecule has 2 aliphatic rings. The molecule has 2 N–H and O–H groups in total. The van der Waals surface area contributed by atoms with Gasteiger partial charge < -0.3 is 24.4 Å². The number of ether oxygens (including phenoxy) is 1. The summed E-state index contributed by atoms with van der Waals surface area (Å²) in [5, 5.41) is 3.94. The van der Waals surface area contributed by atoms with Crippen LogP contribution in [0, 0.1) is 0 Å². The smallest absolute Gasteiger partial charge is 0.272 e. The first-order valence-corrected chi connectivity index (χ1v) is 18.0. The van der Waals surface area contributed by atoms with Crippen molar-refractivity contribution in [2.75, 3.05) is 89.4 Å². The molecule has 0 unspecified atom stereocenters. The fraction of sp³-hybridized carbons (Fsp3) is 0.529. The third-order valence-corrected chi connectivity index (χ3v) is 9.74. The predicted octanol–water partition coefficient (Wildman–Crippen LogP) is 3.00. The third-order valence-electron chi connectivity index (χ3n) is 9.15. The van der Waals surface area contributed by atoms with Crippen molar-refractivity contribution in [3.63, 3.8) is 0 Å². The van der Waals surface area contributed by atoms with Crippen LogP contribution in [-0.2, 0) is 33.8 Å². The molecular weight excluding hydrogens is 618 g/mol. The van der Waals surface area contributed by atoms with Crippen LogP contribution in [0.1, 0.15) is 42.4 Å². The highest BCUT2D eigenvalue weighted by molar-refractivity contribution is 7.92. The Bertz CT molecular complexity index is 1730. The number of para-hydroxylation sites is 1. The second kappa shape index (κ2) is 13.8. The van der Waals surface area contributed by atoms with Gasteiger partial charge in [0.1, 0.15) is 5.69 Å². The van der Waals surface area contributed by atoms with Gasteiger partial charge >= 0.3 is 0 Å². The Morgan fingerprint density at radius 1 is 0.894 bits per heavy atom. The highest BCUT2D eigenvalue weighted by atomic mass is 32.2. The first kappa shape index (κ1) is 34.7. The average Bonchev–Trinajstić information content (AvgIpc) is 3.34. The number of sulfonamides is 1. The van der Waals surface area contributed by atoms with E-state index in [4.69, 9.17) is 4.74 Å². The predicted molar refractivity (Wildman–Crippen MR) is 187 cm³/mol. The van der Waals surface area contributed by atoms with Crippen molar-refractivity contribution in [2.45, 2.75) is 32.7 Å². The van der Waals surface area contributed by atoms with Crippen LogP contribution in [0.15, 0.2) is 36.4 Å². The maximum absolute atomic E-state index is 13.8. The molecule has 0 aliphatic carbocycles. The summed E-state index contributed by atoms with van der Waals surface area (Å²) in [6, 6.07) is 11.5. The summed E-state index contributed by atoms with van der Waals surface area (Å²) in [4.78, 5) is 35.7. The number of aryl methyl sites for hydroxylation is 1. The number of carbonyl (C=O) groups excluding carboxylic acids is 2. The first-order chi connectivity index (χ1) is 22.1. The summed E-state index contributed by atoms with van der Waals surface area (Å²) in [7, 11) is 1.85. The number of carbonyl (C=O) groups is 2. The quantitative estimate of drug-likeness (QED) is 0.358. The van der Waals surface area contributed by atoms with Gasteiger partial charge in [0, 0.05) is 71.3 Å². The molecule has 13 heteroatoms. The topological polar surface area (TPSA) is 119 Å². The molecule has 2 saturated heterocycles. The molecule has 3 aromatic rings. The second-order valence-electron chi connectivity index (χ2n) is 13.9. The fourth-order valence-corrected chi connectivity index (χ4v) is 6.93. The molecule has 0 bridgehead atoms. The van der Waals surface area contributed by atoms with Crippen molar-refractivity contribution in [1.29, 1.82) is 0 Å². The SMILES string of the molecule is COc1c(NC(=O)c2cc3cccc(CN4CCN(C(=O)CN5CCN(C)CC5)CC4)c3n2C)cc(C(C)(C)C)cc1NS(C)(=O)=O. The molecule has 3 heterocycles. The molecule has 2 aliphatic heterocycles. The van der Waals surface area contributed by atoms with Crippen LogP contribution in [-0.4, -0.2) is 124 Å². The molecular formula is C34H49N7O5S. The second-order valence-corrected chi connectivity index (χ2v) is 15.6. The molecule has 1 aromatic heterocycles. The largest absolute Gasteiger partial charge is 0.492 e. The van der Waals surface area contributed by atoms with E-state index in [-0.39, 0.29) is 28.7 Å². The number of amides is 2. The van der Waals surface area contributed by atoms with Crippen molar-refractivity contribution in [3.8, 4) is 5.75 Å². The van der Waals surface area contributed by atoms with Crippen molar-refractivity contribution in [1.82, 2.24) is 24.2 Å². The summed E-state index contributed by atoms with van der Waals surface area (Å²) in [5.41, 5.74) is 3.69. The Hall–Kier alpha value is -3.65. The van der Waals surface area contributed by atoms with Crippen LogP contribution < -0.4 is 14.8 Å². The van der Waals surface area contributed by atoms with Gasteiger partial charge in [-0.15, -0.1) is 0 Å². The number of methoxy groups -OCH3 is 1. The zero-order valence-corrected chi connectivity index (χ0v) is 29.5. The van der Waals surface area contributed by atoms with Crippen molar-refractivity contribution in [3.05, 3.63) is 53.2 Å². The molecule has 2 aromatic carbocycles. The minimum absolute atomic E-state index is 0.207. The number of nitrogens with zero attached hydrogens (tertiary/aromatic N) is 5. The zero-order valence-electron chi connectivity index (χ0n) is 28.7. The van der Waals surface area contributed by atoms with Crippen molar-refractivity contribution in [2.24, 2.45) is 7.05 Å². The minimum atomic E-state index is -3.60. The Morgan fingerprint density at radius 3 is 2.15 bits per heavy atom. The summed E-state index contributed by atoms with van der Waals surface area (Å²) in [5.74, 6) is 0.104. The Morgan fingerprint density at radius 2 is 1.53 bits per heavy atom. The maximum atomic E-state index is 13.8. The van der Waals surface area contributed by atoms with Crippen molar-refractivity contribution >= 4 is 44.1 Å². The number of piperazine rings is 2. The van der Waals surface area contributed by atoms with E-state index in [1.54, 1.807) is 6.07 Å². The molecule has 256 valence electrons. The van der Waals surface area contributed by atoms with Gasteiger partial charge in [0.05, 0.1) is 36.8 Å². The molecule has 12 nitrogen and oxygen atoms in total. The lowest BCUT2D eigenvalue weighted by molar-refractivity contribution is -0.134. The lowest BCUT2D eigenvalue weighted by atomic mass is 9.86. The monoisotopic (exact) mass is 667 g/mol. The van der Waals surface area contributed by atoms with Crippen LogP contribution in [0.3, 0.4) is 0 Å². The van der Waals surface area contributed by atoms with E-state index in [1.807, 2.05) is 61.6 Å². The highest BCUT2D eigenvalue weighted by Gasteiger charge is 2.26. The normalized spacial score (nSPS) is 17.2. The van der Waals surface area contributed by atoms with Crippen LogP contribution in [0.5, 0.6) is 5.75 Å². The zero-order chi connectivity index (χ0) is 34.1. The maximum Gasteiger partial charge on any atom is 0.272 e. The number of hydrogen-bond donors (Lipinski definition) is 2. The number of hydrogen-bond acceptors (Lipinski definition) is 8. The van der Waals surface area contributed by atoms with Gasteiger partial charge in [-0.05, 0) is 41.8 Å². The Labute approximate surface area is 278 Å². The van der Waals surface area contributed by atoms with Gasteiger partial charge in [0.2, 0.25) is 15.9 Å². The first-order valence-electron chi connectivity index (χ1n) is 16.1.